The molecule has 2 N–H and O–H groups in total. The van der Waals surface area contributed by atoms with Crippen molar-refractivity contribution in [1.82, 2.24) is 24.4 Å². The molecule has 9 heteroatoms. The van der Waals surface area contributed by atoms with Gasteiger partial charge < -0.3 is 20.1 Å². The minimum Gasteiger partial charge on any atom is -0.368 e. The summed E-state index contributed by atoms with van der Waals surface area (Å²) < 4.78 is 1.68. The highest BCUT2D eigenvalue weighted by molar-refractivity contribution is 5.74. The van der Waals surface area contributed by atoms with Crippen molar-refractivity contribution < 1.29 is 4.79 Å². The lowest BCUT2D eigenvalue weighted by Crippen LogP contribution is -2.48. The number of aryl methyl sites for hydroxylation is 1. The van der Waals surface area contributed by atoms with Crippen LogP contribution in [0.2, 0.25) is 0 Å². The van der Waals surface area contributed by atoms with Gasteiger partial charge in [0.2, 0.25) is 11.9 Å². The van der Waals surface area contributed by atoms with Gasteiger partial charge in [-0.1, -0.05) is 19.8 Å². The number of rotatable bonds is 7. The number of nitrogens with one attached hydrogen (secondary N) is 2. The summed E-state index contributed by atoms with van der Waals surface area (Å²) in [5, 5.41) is 3.23. The van der Waals surface area contributed by atoms with Crippen LogP contribution in [0.5, 0.6) is 0 Å². The van der Waals surface area contributed by atoms with E-state index in [1.807, 2.05) is 17.0 Å². The summed E-state index contributed by atoms with van der Waals surface area (Å²) in [7, 11) is 0. The number of carbonyl (C=O) groups excluding carboxylic acids is 1. The van der Waals surface area contributed by atoms with E-state index in [2.05, 4.69) is 44.2 Å². The van der Waals surface area contributed by atoms with E-state index in [0.29, 0.717) is 23.7 Å². The third-order valence-electron chi connectivity index (χ3n) is 5.71. The smallest absolute Gasteiger partial charge is 0.327 e. The van der Waals surface area contributed by atoms with Crippen molar-refractivity contribution in [3.63, 3.8) is 0 Å². The van der Waals surface area contributed by atoms with E-state index in [1.165, 1.54) is 0 Å². The van der Waals surface area contributed by atoms with Crippen LogP contribution in [-0.4, -0.2) is 56.5 Å². The van der Waals surface area contributed by atoms with Crippen molar-refractivity contribution in [3.8, 4) is 0 Å². The first-order valence-electron chi connectivity index (χ1n) is 10.9. The Morgan fingerprint density at radius 3 is 2.55 bits per heavy atom. The fourth-order valence-electron chi connectivity index (χ4n) is 3.90. The Labute approximate surface area is 181 Å². The molecule has 1 aromatic carbocycles. The third-order valence-corrected chi connectivity index (χ3v) is 5.71. The van der Waals surface area contributed by atoms with Crippen molar-refractivity contribution >= 4 is 34.4 Å². The number of hydrogen-bond donors (Lipinski definition) is 2. The zero-order valence-corrected chi connectivity index (χ0v) is 18.1. The summed E-state index contributed by atoms with van der Waals surface area (Å²) in [5.41, 5.74) is 3.12. The van der Waals surface area contributed by atoms with Gasteiger partial charge in [-0.3, -0.25) is 9.36 Å². The number of unbranched alkanes of at least 4 members (excludes halogenated alkanes) is 2. The first kappa shape index (κ1) is 20.9. The summed E-state index contributed by atoms with van der Waals surface area (Å²) in [5.74, 6) is 0.591. The molecular weight excluding hydrogens is 394 g/mol. The highest BCUT2D eigenvalue weighted by atomic mass is 16.2. The van der Waals surface area contributed by atoms with Crippen LogP contribution < -0.4 is 15.9 Å². The van der Waals surface area contributed by atoms with E-state index in [0.717, 1.165) is 56.8 Å². The van der Waals surface area contributed by atoms with Gasteiger partial charge in [-0.2, -0.15) is 4.98 Å². The lowest BCUT2D eigenvalue weighted by Gasteiger charge is -2.35. The molecule has 0 bridgehead atoms. The first-order valence-corrected chi connectivity index (χ1v) is 10.9. The molecule has 164 valence electrons. The Bertz CT molecular complexity index is 1100. The van der Waals surface area contributed by atoms with E-state index in [4.69, 9.17) is 0 Å². The van der Waals surface area contributed by atoms with E-state index >= 15 is 0 Å². The lowest BCUT2D eigenvalue weighted by atomic mass is 10.2. The van der Waals surface area contributed by atoms with Gasteiger partial charge in [0.25, 0.3) is 0 Å². The molecule has 0 spiro atoms. The average Bonchev–Trinajstić information content (AvgIpc) is 3.09. The molecule has 0 radical (unpaired) electrons. The Balaban J connectivity index is 1.45. The monoisotopic (exact) mass is 423 g/mol. The van der Waals surface area contributed by atoms with Gasteiger partial charge in [0, 0.05) is 51.0 Å². The number of piperazine rings is 1. The fraction of sp³-hybridized carbons (Fsp3) is 0.455. The molecule has 2 aromatic heterocycles. The molecule has 31 heavy (non-hydrogen) atoms. The van der Waals surface area contributed by atoms with Crippen LogP contribution >= 0.6 is 0 Å². The fourth-order valence-corrected chi connectivity index (χ4v) is 3.90. The second-order valence-electron chi connectivity index (χ2n) is 7.88. The van der Waals surface area contributed by atoms with Crippen molar-refractivity contribution in [2.45, 2.75) is 39.7 Å². The van der Waals surface area contributed by atoms with Crippen molar-refractivity contribution in [3.05, 3.63) is 40.9 Å². The molecule has 1 aliphatic rings. The van der Waals surface area contributed by atoms with E-state index in [9.17, 15) is 9.59 Å². The number of fused-ring (bicyclic) bond motifs is 1. The summed E-state index contributed by atoms with van der Waals surface area (Å²) in [6.45, 7) is 7.56. The Kier molecular flexibility index (Phi) is 6.20. The molecule has 1 amide bonds. The van der Waals surface area contributed by atoms with Gasteiger partial charge >= 0.3 is 5.69 Å². The van der Waals surface area contributed by atoms with Crippen LogP contribution in [0.15, 0.2) is 35.3 Å². The van der Waals surface area contributed by atoms with Crippen LogP contribution in [0.25, 0.3) is 11.2 Å². The van der Waals surface area contributed by atoms with Crippen LogP contribution in [0.3, 0.4) is 0 Å². The maximum atomic E-state index is 12.2. The topological polar surface area (TPSA) is 99.1 Å². The van der Waals surface area contributed by atoms with Crippen LogP contribution in [0, 0.1) is 0 Å². The van der Waals surface area contributed by atoms with Crippen LogP contribution in [-0.2, 0) is 11.3 Å². The van der Waals surface area contributed by atoms with Gasteiger partial charge in [0.05, 0.1) is 6.20 Å². The van der Waals surface area contributed by atoms with Gasteiger partial charge in [-0.15, -0.1) is 0 Å². The zero-order chi connectivity index (χ0) is 21.8. The zero-order valence-electron chi connectivity index (χ0n) is 18.1. The highest BCUT2D eigenvalue weighted by Gasteiger charge is 2.18. The van der Waals surface area contributed by atoms with Gasteiger partial charge in [0.1, 0.15) is 5.52 Å². The van der Waals surface area contributed by atoms with E-state index in [1.54, 1.807) is 17.7 Å². The molecule has 1 saturated heterocycles. The van der Waals surface area contributed by atoms with Crippen molar-refractivity contribution in [2.75, 3.05) is 36.4 Å². The maximum Gasteiger partial charge on any atom is 0.327 e. The molecule has 0 unspecified atom stereocenters. The summed E-state index contributed by atoms with van der Waals surface area (Å²) >= 11 is 0. The number of carbonyl (C=O) groups is 1. The third kappa shape index (κ3) is 4.70. The molecule has 0 atom stereocenters. The van der Waals surface area contributed by atoms with Crippen molar-refractivity contribution in [2.24, 2.45) is 0 Å². The number of imidazole rings is 1. The Hall–Kier alpha value is -3.36. The molecule has 1 aliphatic heterocycles. The summed E-state index contributed by atoms with van der Waals surface area (Å²) in [6.07, 6.45) is 4.76. The molecule has 3 aromatic rings. The number of H-pyrrole nitrogens is 1. The summed E-state index contributed by atoms with van der Waals surface area (Å²) in [6, 6.07) is 8.10. The second kappa shape index (κ2) is 9.20. The normalized spacial score (nSPS) is 14.3. The Morgan fingerprint density at radius 2 is 1.87 bits per heavy atom. The first-order chi connectivity index (χ1) is 15.0. The molecular formula is C22H29N7O2. The summed E-state index contributed by atoms with van der Waals surface area (Å²) in [4.78, 5) is 39.6. The predicted octanol–water partition coefficient (Wildman–Crippen LogP) is 2.72. The number of aromatic nitrogens is 4. The number of aromatic amines is 1. The molecule has 0 aliphatic carbocycles. The minimum atomic E-state index is -0.147. The molecule has 3 heterocycles. The molecule has 0 saturated carbocycles. The van der Waals surface area contributed by atoms with Gasteiger partial charge in [-0.25, -0.2) is 9.78 Å². The van der Waals surface area contributed by atoms with Crippen LogP contribution in [0.4, 0.5) is 17.3 Å². The lowest BCUT2D eigenvalue weighted by molar-refractivity contribution is -0.129. The van der Waals surface area contributed by atoms with E-state index < -0.39 is 0 Å². The number of amides is 1. The second-order valence-corrected chi connectivity index (χ2v) is 7.88. The molecule has 1 fully saturated rings. The maximum absolute atomic E-state index is 12.2. The van der Waals surface area contributed by atoms with E-state index in [-0.39, 0.29) is 11.6 Å². The molecule has 9 nitrogen and oxygen atoms in total. The molecule has 4 rings (SSSR count). The SMILES string of the molecule is CCCCCn1c(=O)[nH]c2cnc(Nc3ccc(N4CCN(C(C)=O)CC4)cc3)nc21. The minimum absolute atomic E-state index is 0.134. The average molecular weight is 424 g/mol. The number of hydrogen-bond acceptors (Lipinski definition) is 6. The van der Waals surface area contributed by atoms with Crippen LogP contribution in [0.1, 0.15) is 33.1 Å². The Morgan fingerprint density at radius 1 is 1.13 bits per heavy atom. The predicted molar refractivity (Wildman–Crippen MR) is 122 cm³/mol. The van der Waals surface area contributed by atoms with Crippen molar-refractivity contribution in [1.29, 1.82) is 0 Å². The number of anilines is 3. The quantitative estimate of drug-likeness (QED) is 0.567. The standard InChI is InChI=1S/C22H29N7O2/c1-3-4-5-10-29-20-19(25-22(29)31)15-23-21(26-20)24-17-6-8-18(9-7-17)28-13-11-27(12-14-28)16(2)30/h6-9,15H,3-5,10-14H2,1-2H3,(H,25,31)(H,23,24,26). The van der Waals surface area contributed by atoms with Gasteiger partial charge in [0.15, 0.2) is 5.65 Å². The number of nitrogens with zero attached hydrogens (tertiary/aromatic N) is 5. The highest BCUT2D eigenvalue weighted by Crippen LogP contribution is 2.21. The number of benzene rings is 1. The van der Waals surface area contributed by atoms with Gasteiger partial charge in [-0.05, 0) is 30.7 Å². The largest absolute Gasteiger partial charge is 0.368 e.